The second-order valence-electron chi connectivity index (χ2n) is 11.8. The summed E-state index contributed by atoms with van der Waals surface area (Å²) in [4.78, 5) is 25.9. The monoisotopic (exact) mass is 638 g/mol. The third-order valence-electron chi connectivity index (χ3n) is 8.41. The highest BCUT2D eigenvalue weighted by Crippen LogP contribution is 2.39. The molecule has 18 heteroatoms. The summed E-state index contributed by atoms with van der Waals surface area (Å²) in [6.07, 6.45) is -14.7. The quantitative estimate of drug-likeness (QED) is 0.102. The van der Waals surface area contributed by atoms with Gasteiger partial charge in [-0.3, -0.25) is 19.8 Å². The van der Waals surface area contributed by atoms with Gasteiger partial charge in [0, 0.05) is 26.9 Å². The number of nitrogens with zero attached hydrogens (tertiary/aromatic N) is 1. The number of nitrogens with one attached hydrogen (secondary N) is 3. The van der Waals surface area contributed by atoms with Gasteiger partial charge >= 0.3 is 0 Å². The van der Waals surface area contributed by atoms with E-state index in [1.807, 2.05) is 0 Å². The lowest BCUT2D eigenvalue weighted by molar-refractivity contribution is -0.339. The first-order valence-corrected chi connectivity index (χ1v) is 14.5. The average Bonchev–Trinajstić information content (AvgIpc) is 3.50. The Morgan fingerprint density at radius 3 is 1.89 bits per heavy atom. The number of methoxy groups -OCH3 is 1. The van der Waals surface area contributed by atoms with E-state index in [0.717, 1.165) is 0 Å². The third-order valence-corrected chi connectivity index (χ3v) is 8.41. The second-order valence-corrected chi connectivity index (χ2v) is 11.8. The maximum Gasteiger partial charge on any atom is 0.217 e. The molecule has 4 aliphatic rings. The van der Waals surface area contributed by atoms with Gasteiger partial charge in [-0.25, -0.2) is 0 Å². The minimum Gasteiger partial charge on any atom is -0.396 e. The van der Waals surface area contributed by atoms with E-state index < -0.39 is 123 Å². The number of amides is 2. The molecule has 2 amide bonds. The molecule has 16 atom stereocenters. The molecule has 0 bridgehead atoms. The number of rotatable bonds is 11. The molecule has 0 aromatic heterocycles. The van der Waals surface area contributed by atoms with Crippen LogP contribution in [0.4, 0.5) is 0 Å². The van der Waals surface area contributed by atoms with Crippen LogP contribution in [0.5, 0.6) is 0 Å². The van der Waals surface area contributed by atoms with Gasteiger partial charge in [0.05, 0.1) is 44.2 Å². The summed E-state index contributed by atoms with van der Waals surface area (Å²) in [6, 6.07) is -3.21. The van der Waals surface area contributed by atoms with E-state index in [1.54, 1.807) is 19.0 Å². The van der Waals surface area contributed by atoms with E-state index in [1.165, 1.54) is 21.0 Å². The summed E-state index contributed by atoms with van der Waals surface area (Å²) < 4.78 is 35.0. The first-order chi connectivity index (χ1) is 20.8. The van der Waals surface area contributed by atoms with Gasteiger partial charge in [-0.15, -0.1) is 0 Å². The topological polar surface area (TPSA) is 250 Å². The first kappa shape index (κ1) is 35.2. The lowest BCUT2D eigenvalue weighted by atomic mass is 9.94. The molecule has 44 heavy (non-hydrogen) atoms. The van der Waals surface area contributed by atoms with Gasteiger partial charge in [0.25, 0.3) is 0 Å². The summed E-state index contributed by atoms with van der Waals surface area (Å²) in [7, 11) is 4.93. The van der Waals surface area contributed by atoms with Gasteiger partial charge in [-0.1, -0.05) is 0 Å². The predicted molar refractivity (Wildman–Crippen MR) is 145 cm³/mol. The largest absolute Gasteiger partial charge is 0.396 e. The number of ether oxygens (including phenoxy) is 6. The van der Waals surface area contributed by atoms with Gasteiger partial charge in [0.1, 0.15) is 48.7 Å². The van der Waals surface area contributed by atoms with Crippen LogP contribution < -0.4 is 16.0 Å². The number of aliphatic hydroxyl groups is 6. The summed E-state index contributed by atoms with van der Waals surface area (Å²) in [5, 5.41) is 72.6. The molecule has 1 unspecified atom stereocenters. The van der Waals surface area contributed by atoms with Crippen molar-refractivity contribution in [1.29, 1.82) is 0 Å². The van der Waals surface area contributed by atoms with Crippen LogP contribution in [0, 0.1) is 5.92 Å². The van der Waals surface area contributed by atoms with E-state index in [2.05, 4.69) is 16.0 Å². The zero-order chi connectivity index (χ0) is 32.5. The molecule has 254 valence electrons. The normalized spacial score (nSPS) is 45.7. The third kappa shape index (κ3) is 7.18. The number of carbonyl (C=O) groups excluding carboxylic acids is 2. The maximum absolute atomic E-state index is 12.2. The summed E-state index contributed by atoms with van der Waals surface area (Å²) in [5.74, 6) is -1.86. The zero-order valence-corrected chi connectivity index (χ0v) is 25.3. The van der Waals surface area contributed by atoms with Gasteiger partial charge in [-0.05, 0) is 14.1 Å². The van der Waals surface area contributed by atoms with Gasteiger partial charge in [-0.2, -0.15) is 0 Å². The Hall–Kier alpha value is -1.62. The average molecular weight is 639 g/mol. The van der Waals surface area contributed by atoms with E-state index >= 15 is 0 Å². The van der Waals surface area contributed by atoms with Crippen LogP contribution in [0.2, 0.25) is 0 Å². The standard InChI is InChI=1S/C26H46N4O14/c1-9(33)27-15-18(36)17(35)13(8-39-5)41-24(15)43-23-12(7-32)40-25(16(20(23)38)28-10(2)34)42-22-11(6-31)21-14(19(22)37)29-26(44-21)30(3)4/h11-26,29,31-32,35-38H,6-8H2,1-5H3,(H,27,33)(H,28,34)/t11-,12+,13+,14+,15+,16+,17+,18-,19+,20-,21-,22+,23+,24-,25-,26?/m0/s1. The Morgan fingerprint density at radius 1 is 0.795 bits per heavy atom. The maximum atomic E-state index is 12.2. The Bertz CT molecular complexity index is 981. The molecule has 0 radical (unpaired) electrons. The summed E-state index contributed by atoms with van der Waals surface area (Å²) in [6.45, 7) is 1.12. The van der Waals surface area contributed by atoms with Crippen LogP contribution in [0.3, 0.4) is 0 Å². The van der Waals surface area contributed by atoms with E-state index in [4.69, 9.17) is 28.4 Å². The smallest absolute Gasteiger partial charge is 0.217 e. The number of aliphatic hydroxyl groups excluding tert-OH is 6. The van der Waals surface area contributed by atoms with Crippen molar-refractivity contribution >= 4 is 11.8 Å². The van der Waals surface area contributed by atoms with E-state index in [9.17, 15) is 40.2 Å². The lowest BCUT2D eigenvalue weighted by Crippen LogP contribution is -2.69. The Kier molecular flexibility index (Phi) is 11.9. The summed E-state index contributed by atoms with van der Waals surface area (Å²) >= 11 is 0. The van der Waals surface area contributed by atoms with Crippen molar-refractivity contribution in [3.63, 3.8) is 0 Å². The van der Waals surface area contributed by atoms with Crippen molar-refractivity contribution in [2.45, 2.75) is 106 Å². The fourth-order valence-corrected chi connectivity index (χ4v) is 6.28. The van der Waals surface area contributed by atoms with Crippen molar-refractivity contribution < 1.29 is 68.6 Å². The molecule has 1 aliphatic carbocycles. The molecule has 1 saturated carbocycles. The fourth-order valence-electron chi connectivity index (χ4n) is 6.28. The van der Waals surface area contributed by atoms with Crippen molar-refractivity contribution in [2.75, 3.05) is 41.0 Å². The number of carbonyl (C=O) groups is 2. The fraction of sp³-hybridized carbons (Fsp3) is 0.923. The molecule has 0 spiro atoms. The van der Waals surface area contributed by atoms with Crippen molar-refractivity contribution in [1.82, 2.24) is 20.9 Å². The summed E-state index contributed by atoms with van der Waals surface area (Å²) in [5.41, 5.74) is 0. The number of hydrogen-bond acceptors (Lipinski definition) is 16. The number of hydrogen-bond donors (Lipinski definition) is 9. The highest BCUT2D eigenvalue weighted by atomic mass is 16.7. The van der Waals surface area contributed by atoms with Crippen LogP contribution >= 0.6 is 0 Å². The second kappa shape index (κ2) is 14.9. The van der Waals surface area contributed by atoms with Gasteiger partial charge < -0.3 is 69.7 Å². The molecule has 3 heterocycles. The Labute approximate surface area is 254 Å². The predicted octanol–water partition coefficient (Wildman–Crippen LogP) is -5.88. The minimum atomic E-state index is -1.63. The van der Waals surface area contributed by atoms with Crippen LogP contribution in [0.1, 0.15) is 13.8 Å². The molecular weight excluding hydrogens is 592 g/mol. The molecule has 3 saturated heterocycles. The molecule has 4 rings (SSSR count). The highest BCUT2D eigenvalue weighted by Gasteiger charge is 2.59. The van der Waals surface area contributed by atoms with E-state index in [0.29, 0.717) is 0 Å². The van der Waals surface area contributed by atoms with Crippen LogP contribution in [-0.4, -0.2) is 180 Å². The molecule has 9 N–H and O–H groups in total. The van der Waals surface area contributed by atoms with Crippen molar-refractivity contribution in [3.05, 3.63) is 0 Å². The van der Waals surface area contributed by atoms with Crippen molar-refractivity contribution in [3.8, 4) is 0 Å². The molecule has 0 aromatic rings. The minimum absolute atomic E-state index is 0.145. The molecule has 3 aliphatic heterocycles. The van der Waals surface area contributed by atoms with Crippen molar-refractivity contribution in [2.24, 2.45) is 5.92 Å². The van der Waals surface area contributed by atoms with Gasteiger partial charge in [0.15, 0.2) is 18.9 Å². The molecule has 0 aromatic carbocycles. The van der Waals surface area contributed by atoms with Crippen LogP contribution in [-0.2, 0) is 38.0 Å². The van der Waals surface area contributed by atoms with E-state index in [-0.39, 0.29) is 6.61 Å². The SMILES string of the molecule is COC[C@H]1O[C@@H](O[C@H]2[C@@H](O)[C@@H](NC(C)=O)[C@H](O[C@H]3[C@H](O)[C@H]4NC(N(C)C)O[C@H]4[C@@H]3CO)O[C@@H]2CO)[C@H](NC(C)=O)[C@H](O)[C@@H]1O. The molecule has 18 nitrogen and oxygen atoms in total. The molecule has 4 fully saturated rings. The lowest BCUT2D eigenvalue weighted by Gasteiger charge is -2.48. The zero-order valence-electron chi connectivity index (χ0n) is 25.3. The Morgan fingerprint density at radius 2 is 1.36 bits per heavy atom. The van der Waals surface area contributed by atoms with Crippen LogP contribution in [0.25, 0.3) is 0 Å². The number of fused-ring (bicyclic) bond motifs is 1. The highest BCUT2D eigenvalue weighted by molar-refractivity contribution is 5.73. The van der Waals surface area contributed by atoms with Gasteiger partial charge in [0.2, 0.25) is 11.8 Å². The van der Waals surface area contributed by atoms with Crippen LogP contribution in [0.15, 0.2) is 0 Å². The first-order valence-electron chi connectivity index (χ1n) is 14.5. The molecular formula is C26H46N4O14. The Balaban J connectivity index is 1.56.